The van der Waals surface area contributed by atoms with Gasteiger partial charge in [-0.15, -0.1) is 5.10 Å². The molecule has 0 bridgehead atoms. The number of benzene rings is 1. The molecule has 4 nitrogen and oxygen atoms in total. The predicted molar refractivity (Wildman–Crippen MR) is 55.6 cm³/mol. The number of hydrogen-bond acceptors (Lipinski definition) is 3. The third kappa shape index (κ3) is 1.77. The van der Waals surface area contributed by atoms with E-state index in [2.05, 4.69) is 26.2 Å². The van der Waals surface area contributed by atoms with Gasteiger partial charge in [-0.05, 0) is 40.2 Å². The number of halogens is 1. The van der Waals surface area contributed by atoms with Crippen LogP contribution in [0.25, 0.3) is 5.69 Å². The maximum Gasteiger partial charge on any atom is 0.148 e. The molecule has 1 heterocycles. The molecule has 0 N–H and O–H groups in total. The van der Waals surface area contributed by atoms with Crippen LogP contribution in [0.5, 0.6) is 5.75 Å². The Kier molecular flexibility index (Phi) is 2.49. The molecule has 2 aromatic rings. The van der Waals surface area contributed by atoms with Gasteiger partial charge in [0.05, 0.1) is 19.0 Å². The van der Waals surface area contributed by atoms with Crippen LogP contribution in [0.1, 0.15) is 0 Å². The first-order valence-corrected chi connectivity index (χ1v) is 4.81. The normalized spacial score (nSPS) is 10.1. The van der Waals surface area contributed by atoms with E-state index in [1.165, 1.54) is 0 Å². The summed E-state index contributed by atoms with van der Waals surface area (Å²) in [4.78, 5) is 0. The van der Waals surface area contributed by atoms with Crippen molar-refractivity contribution in [3.05, 3.63) is 35.1 Å². The lowest BCUT2D eigenvalue weighted by Gasteiger charge is -2.01. The number of methoxy groups -OCH3 is 1. The van der Waals surface area contributed by atoms with E-state index < -0.39 is 0 Å². The average molecular weight is 254 g/mol. The van der Waals surface area contributed by atoms with Gasteiger partial charge in [-0.2, -0.15) is 0 Å². The number of rotatable bonds is 2. The van der Waals surface area contributed by atoms with Crippen LogP contribution in [0.3, 0.4) is 0 Å². The summed E-state index contributed by atoms with van der Waals surface area (Å²) in [7, 11) is 1.64. The Morgan fingerprint density at radius 1 is 1.29 bits per heavy atom. The van der Waals surface area contributed by atoms with E-state index >= 15 is 0 Å². The SMILES string of the molecule is COc1ccc(-n2cc(Br)nn2)cc1. The molecule has 14 heavy (non-hydrogen) atoms. The van der Waals surface area contributed by atoms with E-state index in [0.29, 0.717) is 4.60 Å². The maximum absolute atomic E-state index is 5.06. The Labute approximate surface area is 89.6 Å². The number of ether oxygens (including phenoxy) is 1. The predicted octanol–water partition coefficient (Wildman–Crippen LogP) is 2.04. The minimum atomic E-state index is 0.716. The highest BCUT2D eigenvalue weighted by Gasteiger charge is 1.99. The van der Waals surface area contributed by atoms with Gasteiger partial charge in [-0.3, -0.25) is 0 Å². The number of hydrogen-bond donors (Lipinski definition) is 0. The monoisotopic (exact) mass is 253 g/mol. The second-order valence-corrected chi connectivity index (χ2v) is 3.50. The fraction of sp³-hybridized carbons (Fsp3) is 0.111. The quantitative estimate of drug-likeness (QED) is 0.823. The smallest absolute Gasteiger partial charge is 0.148 e. The van der Waals surface area contributed by atoms with E-state index in [1.54, 1.807) is 18.0 Å². The largest absolute Gasteiger partial charge is 0.497 e. The number of nitrogens with zero attached hydrogens (tertiary/aromatic N) is 3. The lowest BCUT2D eigenvalue weighted by atomic mass is 10.3. The van der Waals surface area contributed by atoms with Crippen LogP contribution in [0, 0.1) is 0 Å². The van der Waals surface area contributed by atoms with E-state index in [0.717, 1.165) is 11.4 Å². The summed E-state index contributed by atoms with van der Waals surface area (Å²) in [5, 5.41) is 7.75. The Bertz CT molecular complexity index is 424. The third-order valence-electron chi connectivity index (χ3n) is 1.80. The first kappa shape index (κ1) is 9.21. The molecule has 0 radical (unpaired) electrons. The molecule has 1 aromatic carbocycles. The fourth-order valence-electron chi connectivity index (χ4n) is 1.10. The summed E-state index contributed by atoms with van der Waals surface area (Å²) in [5.41, 5.74) is 0.948. The summed E-state index contributed by atoms with van der Waals surface area (Å²) in [6, 6.07) is 7.59. The van der Waals surface area contributed by atoms with E-state index in [-0.39, 0.29) is 0 Å². The van der Waals surface area contributed by atoms with Crippen molar-refractivity contribution in [3.63, 3.8) is 0 Å². The molecule has 0 saturated heterocycles. The number of aromatic nitrogens is 3. The first-order chi connectivity index (χ1) is 6.79. The molecule has 5 heteroatoms. The van der Waals surface area contributed by atoms with E-state index in [4.69, 9.17) is 4.74 Å². The zero-order valence-electron chi connectivity index (χ0n) is 7.51. The van der Waals surface area contributed by atoms with Gasteiger partial charge in [-0.25, -0.2) is 4.68 Å². The van der Waals surface area contributed by atoms with Gasteiger partial charge >= 0.3 is 0 Å². The van der Waals surface area contributed by atoms with Crippen LogP contribution in [0.15, 0.2) is 35.1 Å². The Balaban J connectivity index is 2.33. The van der Waals surface area contributed by atoms with Gasteiger partial charge in [0, 0.05) is 0 Å². The van der Waals surface area contributed by atoms with Crippen molar-refractivity contribution in [3.8, 4) is 11.4 Å². The highest BCUT2D eigenvalue weighted by molar-refractivity contribution is 9.10. The molecule has 0 amide bonds. The summed E-state index contributed by atoms with van der Waals surface area (Å²) in [6.45, 7) is 0. The Hall–Kier alpha value is -1.36. The maximum atomic E-state index is 5.06. The highest BCUT2D eigenvalue weighted by Crippen LogP contribution is 2.15. The molecule has 0 saturated carbocycles. The summed E-state index contributed by atoms with van der Waals surface area (Å²) >= 11 is 3.24. The Morgan fingerprint density at radius 2 is 2.00 bits per heavy atom. The van der Waals surface area contributed by atoms with Crippen LogP contribution in [0.4, 0.5) is 0 Å². The molecule has 0 aliphatic rings. The van der Waals surface area contributed by atoms with Gasteiger partial charge in [0.15, 0.2) is 0 Å². The first-order valence-electron chi connectivity index (χ1n) is 4.02. The fourth-order valence-corrected chi connectivity index (χ4v) is 1.37. The van der Waals surface area contributed by atoms with Crippen LogP contribution in [-0.4, -0.2) is 22.1 Å². The molecular formula is C9H8BrN3O. The van der Waals surface area contributed by atoms with E-state index in [1.807, 2.05) is 24.3 Å². The molecule has 0 aliphatic carbocycles. The molecule has 1 aromatic heterocycles. The molecule has 0 spiro atoms. The van der Waals surface area contributed by atoms with Crippen LogP contribution in [-0.2, 0) is 0 Å². The molecule has 0 fully saturated rings. The molecule has 0 atom stereocenters. The summed E-state index contributed by atoms with van der Waals surface area (Å²) < 4.78 is 7.46. The average Bonchev–Trinajstić information content (AvgIpc) is 2.65. The van der Waals surface area contributed by atoms with E-state index in [9.17, 15) is 0 Å². The standard InChI is InChI=1S/C9H8BrN3O/c1-14-8-4-2-7(3-5-8)13-6-9(10)11-12-13/h2-6H,1H3. The van der Waals surface area contributed by atoms with Crippen molar-refractivity contribution < 1.29 is 4.74 Å². The minimum Gasteiger partial charge on any atom is -0.497 e. The van der Waals surface area contributed by atoms with Gasteiger partial charge in [-0.1, -0.05) is 5.21 Å². The third-order valence-corrected chi connectivity index (χ3v) is 2.17. The zero-order chi connectivity index (χ0) is 9.97. The van der Waals surface area contributed by atoms with Crippen molar-refractivity contribution in [1.82, 2.24) is 15.0 Å². The Morgan fingerprint density at radius 3 is 2.50 bits per heavy atom. The van der Waals surface area contributed by atoms with Gasteiger partial charge in [0.25, 0.3) is 0 Å². The van der Waals surface area contributed by atoms with Crippen molar-refractivity contribution in [2.24, 2.45) is 0 Å². The van der Waals surface area contributed by atoms with Crippen LogP contribution in [0.2, 0.25) is 0 Å². The minimum absolute atomic E-state index is 0.716. The second-order valence-electron chi connectivity index (χ2n) is 2.68. The van der Waals surface area contributed by atoms with Crippen molar-refractivity contribution in [2.45, 2.75) is 0 Å². The summed E-state index contributed by atoms with van der Waals surface area (Å²) in [5.74, 6) is 0.827. The van der Waals surface area contributed by atoms with Gasteiger partial charge in [0.1, 0.15) is 10.4 Å². The van der Waals surface area contributed by atoms with Crippen LogP contribution < -0.4 is 4.74 Å². The summed E-state index contributed by atoms with van der Waals surface area (Å²) in [6.07, 6.45) is 1.79. The van der Waals surface area contributed by atoms with Gasteiger partial charge in [0.2, 0.25) is 0 Å². The second kappa shape index (κ2) is 3.79. The topological polar surface area (TPSA) is 39.9 Å². The lowest BCUT2D eigenvalue weighted by molar-refractivity contribution is 0.414. The van der Waals surface area contributed by atoms with Crippen LogP contribution >= 0.6 is 15.9 Å². The van der Waals surface area contributed by atoms with Crippen molar-refractivity contribution in [2.75, 3.05) is 7.11 Å². The van der Waals surface area contributed by atoms with Crippen molar-refractivity contribution in [1.29, 1.82) is 0 Å². The molecule has 72 valence electrons. The highest BCUT2D eigenvalue weighted by atomic mass is 79.9. The molecule has 0 unspecified atom stereocenters. The molecular weight excluding hydrogens is 246 g/mol. The lowest BCUT2D eigenvalue weighted by Crippen LogP contribution is -1.94. The van der Waals surface area contributed by atoms with Crippen molar-refractivity contribution >= 4 is 15.9 Å². The zero-order valence-corrected chi connectivity index (χ0v) is 9.10. The molecule has 0 aliphatic heterocycles. The molecule has 2 rings (SSSR count). The van der Waals surface area contributed by atoms with Gasteiger partial charge < -0.3 is 4.74 Å².